The van der Waals surface area contributed by atoms with Gasteiger partial charge in [-0.15, -0.1) is 0 Å². The Morgan fingerprint density at radius 3 is 3.00 bits per heavy atom. The Labute approximate surface area is 106 Å². The number of nitrogens with two attached hydrogens (primary N) is 1. The SMILES string of the molecule is COCCCC(N)C(=O)NCCc1noc(C)n1. The second kappa shape index (κ2) is 7.78. The molecule has 0 aliphatic rings. The highest BCUT2D eigenvalue weighted by atomic mass is 16.5. The summed E-state index contributed by atoms with van der Waals surface area (Å²) in [6.07, 6.45) is 1.92. The molecule has 0 saturated carbocycles. The Balaban J connectivity index is 2.16. The highest BCUT2D eigenvalue weighted by molar-refractivity contribution is 5.81. The van der Waals surface area contributed by atoms with E-state index in [1.54, 1.807) is 14.0 Å². The molecule has 1 amide bonds. The molecule has 1 unspecified atom stereocenters. The Morgan fingerprint density at radius 1 is 1.61 bits per heavy atom. The third-order valence-electron chi connectivity index (χ3n) is 2.42. The van der Waals surface area contributed by atoms with E-state index in [0.29, 0.717) is 37.7 Å². The zero-order chi connectivity index (χ0) is 13.4. The fourth-order valence-electron chi connectivity index (χ4n) is 1.45. The summed E-state index contributed by atoms with van der Waals surface area (Å²) in [5.74, 6) is 0.944. The lowest BCUT2D eigenvalue weighted by Crippen LogP contribution is -2.41. The lowest BCUT2D eigenvalue weighted by molar-refractivity contribution is -0.122. The summed E-state index contributed by atoms with van der Waals surface area (Å²) in [7, 11) is 1.62. The van der Waals surface area contributed by atoms with Gasteiger partial charge in [0.15, 0.2) is 5.82 Å². The first-order valence-corrected chi connectivity index (χ1v) is 5.95. The van der Waals surface area contributed by atoms with Gasteiger partial charge in [-0.25, -0.2) is 0 Å². The van der Waals surface area contributed by atoms with Crippen molar-refractivity contribution < 1.29 is 14.1 Å². The number of nitrogens with zero attached hydrogens (tertiary/aromatic N) is 2. The fraction of sp³-hybridized carbons (Fsp3) is 0.727. The molecule has 18 heavy (non-hydrogen) atoms. The zero-order valence-electron chi connectivity index (χ0n) is 10.8. The maximum atomic E-state index is 11.6. The molecule has 0 radical (unpaired) electrons. The Hall–Kier alpha value is -1.47. The highest BCUT2D eigenvalue weighted by Crippen LogP contribution is 1.97. The monoisotopic (exact) mass is 256 g/mol. The summed E-state index contributed by atoms with van der Waals surface area (Å²) in [4.78, 5) is 15.6. The number of aromatic nitrogens is 2. The molecular weight excluding hydrogens is 236 g/mol. The predicted octanol–water partition coefficient (Wildman–Crippen LogP) is -0.209. The quantitative estimate of drug-likeness (QED) is 0.624. The van der Waals surface area contributed by atoms with Gasteiger partial charge in [-0.2, -0.15) is 4.98 Å². The Morgan fingerprint density at radius 2 is 2.39 bits per heavy atom. The third-order valence-corrected chi connectivity index (χ3v) is 2.42. The summed E-state index contributed by atoms with van der Waals surface area (Å²) in [5, 5.41) is 6.47. The van der Waals surface area contributed by atoms with Crippen molar-refractivity contribution in [3.63, 3.8) is 0 Å². The van der Waals surface area contributed by atoms with Crippen molar-refractivity contribution in [2.75, 3.05) is 20.3 Å². The molecule has 3 N–H and O–H groups in total. The van der Waals surface area contributed by atoms with E-state index < -0.39 is 6.04 Å². The number of carbonyl (C=O) groups excluding carboxylic acids is 1. The van der Waals surface area contributed by atoms with Gasteiger partial charge in [0.1, 0.15) is 0 Å². The molecule has 1 heterocycles. The van der Waals surface area contributed by atoms with Gasteiger partial charge in [-0.1, -0.05) is 5.16 Å². The topological polar surface area (TPSA) is 103 Å². The number of ether oxygens (including phenoxy) is 1. The van der Waals surface area contributed by atoms with E-state index in [4.69, 9.17) is 15.0 Å². The van der Waals surface area contributed by atoms with Gasteiger partial charge >= 0.3 is 0 Å². The predicted molar refractivity (Wildman–Crippen MR) is 64.8 cm³/mol. The van der Waals surface area contributed by atoms with E-state index in [2.05, 4.69) is 15.5 Å². The molecule has 7 heteroatoms. The first-order chi connectivity index (χ1) is 8.63. The van der Waals surface area contributed by atoms with Crippen molar-refractivity contribution >= 4 is 5.91 Å². The molecule has 0 fully saturated rings. The summed E-state index contributed by atoms with van der Waals surface area (Å²) >= 11 is 0. The number of amides is 1. The van der Waals surface area contributed by atoms with Crippen molar-refractivity contribution in [1.29, 1.82) is 0 Å². The van der Waals surface area contributed by atoms with E-state index in [9.17, 15) is 4.79 Å². The summed E-state index contributed by atoms with van der Waals surface area (Å²) in [6, 6.07) is -0.493. The molecule has 7 nitrogen and oxygen atoms in total. The van der Waals surface area contributed by atoms with Crippen LogP contribution in [0.2, 0.25) is 0 Å². The summed E-state index contributed by atoms with van der Waals surface area (Å²) < 4.78 is 9.72. The van der Waals surface area contributed by atoms with Gasteiger partial charge < -0.3 is 20.3 Å². The molecule has 1 rings (SSSR count). The van der Waals surface area contributed by atoms with Crippen molar-refractivity contribution in [2.45, 2.75) is 32.2 Å². The average molecular weight is 256 g/mol. The van der Waals surface area contributed by atoms with Crippen LogP contribution in [-0.2, 0) is 16.0 Å². The van der Waals surface area contributed by atoms with Crippen molar-refractivity contribution in [1.82, 2.24) is 15.5 Å². The molecule has 0 saturated heterocycles. The van der Waals surface area contributed by atoms with Crippen molar-refractivity contribution in [2.24, 2.45) is 5.73 Å². The molecular formula is C11H20N4O3. The van der Waals surface area contributed by atoms with Crippen LogP contribution < -0.4 is 11.1 Å². The normalized spacial score (nSPS) is 12.4. The van der Waals surface area contributed by atoms with Crippen LogP contribution in [0.4, 0.5) is 0 Å². The number of aryl methyl sites for hydroxylation is 1. The number of rotatable bonds is 8. The molecule has 1 atom stereocenters. The lowest BCUT2D eigenvalue weighted by atomic mass is 10.1. The minimum atomic E-state index is -0.493. The highest BCUT2D eigenvalue weighted by Gasteiger charge is 2.12. The van der Waals surface area contributed by atoms with Crippen LogP contribution in [0.1, 0.15) is 24.6 Å². The van der Waals surface area contributed by atoms with Crippen LogP contribution in [0.3, 0.4) is 0 Å². The Bertz CT molecular complexity index is 367. The smallest absolute Gasteiger partial charge is 0.236 e. The maximum Gasteiger partial charge on any atom is 0.236 e. The zero-order valence-corrected chi connectivity index (χ0v) is 10.8. The Kier molecular flexibility index (Phi) is 6.31. The van der Waals surface area contributed by atoms with Crippen LogP contribution >= 0.6 is 0 Å². The van der Waals surface area contributed by atoms with Gasteiger partial charge in [0.05, 0.1) is 6.04 Å². The van der Waals surface area contributed by atoms with Crippen LogP contribution in [0, 0.1) is 6.92 Å². The first kappa shape index (κ1) is 14.6. The fourth-order valence-corrected chi connectivity index (χ4v) is 1.45. The minimum absolute atomic E-state index is 0.161. The van der Waals surface area contributed by atoms with Gasteiger partial charge in [-0.3, -0.25) is 4.79 Å². The molecule has 0 spiro atoms. The van der Waals surface area contributed by atoms with Gasteiger partial charge in [0, 0.05) is 33.6 Å². The second-order valence-corrected chi connectivity index (χ2v) is 4.01. The lowest BCUT2D eigenvalue weighted by Gasteiger charge is -2.11. The molecule has 102 valence electrons. The van der Waals surface area contributed by atoms with E-state index >= 15 is 0 Å². The largest absolute Gasteiger partial charge is 0.385 e. The van der Waals surface area contributed by atoms with Gasteiger partial charge in [0.2, 0.25) is 11.8 Å². The number of methoxy groups -OCH3 is 1. The molecule has 0 aliphatic heterocycles. The summed E-state index contributed by atoms with van der Waals surface area (Å²) in [6.45, 7) is 2.79. The van der Waals surface area contributed by atoms with E-state index in [-0.39, 0.29) is 5.91 Å². The standard InChI is InChI=1S/C11H20N4O3/c1-8-14-10(15-18-8)5-6-13-11(16)9(12)4-3-7-17-2/h9H,3-7,12H2,1-2H3,(H,13,16). The number of carbonyl (C=O) groups is 1. The molecule has 0 aromatic carbocycles. The van der Waals surface area contributed by atoms with Gasteiger partial charge in [-0.05, 0) is 12.8 Å². The van der Waals surface area contributed by atoms with E-state index in [0.717, 1.165) is 6.42 Å². The number of nitrogens with one attached hydrogen (secondary N) is 1. The minimum Gasteiger partial charge on any atom is -0.385 e. The second-order valence-electron chi connectivity index (χ2n) is 4.01. The van der Waals surface area contributed by atoms with Crippen LogP contribution in [0.15, 0.2) is 4.52 Å². The van der Waals surface area contributed by atoms with E-state index in [1.807, 2.05) is 0 Å². The van der Waals surface area contributed by atoms with Crippen molar-refractivity contribution in [3.8, 4) is 0 Å². The first-order valence-electron chi connectivity index (χ1n) is 5.95. The van der Waals surface area contributed by atoms with Gasteiger partial charge in [0.25, 0.3) is 0 Å². The molecule has 0 bridgehead atoms. The summed E-state index contributed by atoms with van der Waals surface area (Å²) in [5.41, 5.74) is 5.72. The molecule has 1 aromatic rings. The number of hydrogen-bond acceptors (Lipinski definition) is 6. The van der Waals surface area contributed by atoms with Crippen LogP contribution in [0.25, 0.3) is 0 Å². The average Bonchev–Trinajstić information content (AvgIpc) is 2.75. The molecule has 1 aromatic heterocycles. The maximum absolute atomic E-state index is 11.6. The third kappa shape index (κ3) is 5.24. The number of hydrogen-bond donors (Lipinski definition) is 2. The van der Waals surface area contributed by atoms with E-state index in [1.165, 1.54) is 0 Å². The van der Waals surface area contributed by atoms with Crippen LogP contribution in [-0.4, -0.2) is 42.4 Å². The van der Waals surface area contributed by atoms with Crippen molar-refractivity contribution in [3.05, 3.63) is 11.7 Å². The molecule has 0 aliphatic carbocycles. The van der Waals surface area contributed by atoms with Crippen LogP contribution in [0.5, 0.6) is 0 Å².